The fourth-order valence-electron chi connectivity index (χ4n) is 3.11. The minimum atomic E-state index is -0.286. The largest absolute Gasteiger partial charge is 0.508 e. The van der Waals surface area contributed by atoms with Gasteiger partial charge in [0.2, 0.25) is 5.91 Å². The standard InChI is InChI=1S/C20H20N2O3/c1-2-19(24)21-16-9-5-15(6-10-16)20(25)22-13-3-4-18(22)14-7-11-17(23)12-8-14/h2,5-12,18,23H,1,3-4,13H2,(H,21,24). The lowest BCUT2D eigenvalue weighted by molar-refractivity contribution is -0.111. The fraction of sp³-hybridized carbons (Fsp3) is 0.200. The van der Waals surface area contributed by atoms with Gasteiger partial charge in [-0.2, -0.15) is 0 Å². The van der Waals surface area contributed by atoms with Crippen LogP contribution in [0.2, 0.25) is 0 Å². The third kappa shape index (κ3) is 3.71. The summed E-state index contributed by atoms with van der Waals surface area (Å²) in [5, 5.41) is 12.1. The Morgan fingerprint density at radius 2 is 1.80 bits per heavy atom. The highest BCUT2D eigenvalue weighted by molar-refractivity contribution is 5.99. The molecular formula is C20H20N2O3. The zero-order valence-corrected chi connectivity index (χ0v) is 13.8. The van der Waals surface area contributed by atoms with E-state index in [1.165, 1.54) is 6.08 Å². The predicted molar refractivity (Wildman–Crippen MR) is 96.4 cm³/mol. The quantitative estimate of drug-likeness (QED) is 0.840. The summed E-state index contributed by atoms with van der Waals surface area (Å²) in [6.45, 7) is 4.12. The molecule has 2 aromatic carbocycles. The number of aromatic hydroxyl groups is 1. The number of carbonyl (C=O) groups excluding carboxylic acids is 2. The molecule has 0 spiro atoms. The summed E-state index contributed by atoms with van der Waals surface area (Å²) in [6, 6.07) is 13.9. The van der Waals surface area contributed by atoms with Gasteiger partial charge in [0.1, 0.15) is 5.75 Å². The first-order valence-corrected chi connectivity index (χ1v) is 8.22. The normalized spacial score (nSPS) is 16.5. The molecule has 25 heavy (non-hydrogen) atoms. The highest BCUT2D eigenvalue weighted by Gasteiger charge is 2.30. The lowest BCUT2D eigenvalue weighted by Crippen LogP contribution is -2.30. The number of benzene rings is 2. The molecule has 1 fully saturated rings. The number of nitrogens with zero attached hydrogens (tertiary/aromatic N) is 1. The average Bonchev–Trinajstić information content (AvgIpc) is 3.12. The Labute approximate surface area is 146 Å². The summed E-state index contributed by atoms with van der Waals surface area (Å²) in [5.41, 5.74) is 2.23. The molecule has 0 bridgehead atoms. The van der Waals surface area contributed by atoms with E-state index in [1.54, 1.807) is 36.4 Å². The summed E-state index contributed by atoms with van der Waals surface area (Å²) >= 11 is 0. The first-order chi connectivity index (χ1) is 12.1. The number of rotatable bonds is 4. The van der Waals surface area contributed by atoms with Crippen LogP contribution in [0.3, 0.4) is 0 Å². The third-order valence-electron chi connectivity index (χ3n) is 4.38. The van der Waals surface area contributed by atoms with Gasteiger partial charge in [0, 0.05) is 17.8 Å². The van der Waals surface area contributed by atoms with Crippen LogP contribution < -0.4 is 5.32 Å². The molecule has 0 aliphatic carbocycles. The van der Waals surface area contributed by atoms with Gasteiger partial charge in [-0.25, -0.2) is 0 Å². The Hall–Kier alpha value is -3.08. The van der Waals surface area contributed by atoms with Gasteiger partial charge in [-0.05, 0) is 60.9 Å². The zero-order valence-electron chi connectivity index (χ0n) is 13.8. The van der Waals surface area contributed by atoms with Crippen LogP contribution in [-0.2, 0) is 4.79 Å². The molecule has 2 N–H and O–H groups in total. The molecule has 0 saturated carbocycles. The Morgan fingerprint density at radius 1 is 1.12 bits per heavy atom. The molecule has 1 aliphatic heterocycles. The van der Waals surface area contributed by atoms with Crippen molar-refractivity contribution < 1.29 is 14.7 Å². The van der Waals surface area contributed by atoms with Crippen molar-refractivity contribution in [2.45, 2.75) is 18.9 Å². The molecule has 3 rings (SSSR count). The van der Waals surface area contributed by atoms with E-state index in [4.69, 9.17) is 0 Å². The number of hydrogen-bond donors (Lipinski definition) is 2. The number of likely N-dealkylation sites (tertiary alicyclic amines) is 1. The van der Waals surface area contributed by atoms with Crippen molar-refractivity contribution in [1.29, 1.82) is 0 Å². The molecule has 0 radical (unpaired) electrons. The molecule has 0 aromatic heterocycles. The molecular weight excluding hydrogens is 316 g/mol. The number of phenols is 1. The van der Waals surface area contributed by atoms with Gasteiger partial charge >= 0.3 is 0 Å². The monoisotopic (exact) mass is 336 g/mol. The Kier molecular flexibility index (Phi) is 4.84. The summed E-state index contributed by atoms with van der Waals surface area (Å²) in [6.07, 6.45) is 3.06. The smallest absolute Gasteiger partial charge is 0.254 e. The molecule has 1 heterocycles. The Balaban J connectivity index is 1.76. The molecule has 5 nitrogen and oxygen atoms in total. The van der Waals surface area contributed by atoms with Gasteiger partial charge < -0.3 is 15.3 Å². The SMILES string of the molecule is C=CC(=O)Nc1ccc(C(=O)N2CCCC2c2ccc(O)cc2)cc1. The fourth-order valence-corrected chi connectivity index (χ4v) is 3.11. The minimum Gasteiger partial charge on any atom is -0.508 e. The highest BCUT2D eigenvalue weighted by atomic mass is 16.3. The van der Waals surface area contributed by atoms with E-state index in [2.05, 4.69) is 11.9 Å². The number of hydrogen-bond acceptors (Lipinski definition) is 3. The van der Waals surface area contributed by atoms with Crippen molar-refractivity contribution in [3.8, 4) is 5.75 Å². The van der Waals surface area contributed by atoms with Crippen LogP contribution in [0.5, 0.6) is 5.75 Å². The van der Waals surface area contributed by atoms with Crippen LogP contribution in [0.4, 0.5) is 5.69 Å². The molecule has 128 valence electrons. The van der Waals surface area contributed by atoms with E-state index in [9.17, 15) is 14.7 Å². The number of anilines is 1. The lowest BCUT2D eigenvalue weighted by atomic mass is 10.0. The highest BCUT2D eigenvalue weighted by Crippen LogP contribution is 2.33. The van der Waals surface area contributed by atoms with Crippen LogP contribution in [0.25, 0.3) is 0 Å². The maximum Gasteiger partial charge on any atom is 0.254 e. The van der Waals surface area contributed by atoms with Gasteiger partial charge in [0.25, 0.3) is 5.91 Å². The topological polar surface area (TPSA) is 69.6 Å². The molecule has 2 aromatic rings. The van der Waals surface area contributed by atoms with Crippen molar-refractivity contribution in [3.05, 3.63) is 72.3 Å². The van der Waals surface area contributed by atoms with Gasteiger partial charge in [-0.3, -0.25) is 9.59 Å². The number of amides is 2. The molecule has 1 atom stereocenters. The lowest BCUT2D eigenvalue weighted by Gasteiger charge is -2.25. The first-order valence-electron chi connectivity index (χ1n) is 8.22. The Bertz CT molecular complexity index is 782. The molecule has 5 heteroatoms. The second kappa shape index (κ2) is 7.21. The summed E-state index contributed by atoms with van der Waals surface area (Å²) in [4.78, 5) is 26.0. The van der Waals surface area contributed by atoms with Crippen LogP contribution in [0.15, 0.2) is 61.2 Å². The molecule has 1 unspecified atom stereocenters. The van der Waals surface area contributed by atoms with E-state index in [-0.39, 0.29) is 23.6 Å². The summed E-state index contributed by atoms with van der Waals surface area (Å²) in [7, 11) is 0. The Morgan fingerprint density at radius 3 is 2.44 bits per heavy atom. The van der Waals surface area contributed by atoms with Crippen molar-refractivity contribution in [2.75, 3.05) is 11.9 Å². The van der Waals surface area contributed by atoms with Gasteiger partial charge in [-0.1, -0.05) is 18.7 Å². The van der Waals surface area contributed by atoms with Gasteiger partial charge in [-0.15, -0.1) is 0 Å². The van der Waals surface area contributed by atoms with Crippen molar-refractivity contribution >= 4 is 17.5 Å². The van der Waals surface area contributed by atoms with Crippen LogP contribution in [0.1, 0.15) is 34.8 Å². The summed E-state index contributed by atoms with van der Waals surface area (Å²) < 4.78 is 0. The number of carbonyl (C=O) groups is 2. The second-order valence-electron chi connectivity index (χ2n) is 6.02. The summed E-state index contributed by atoms with van der Waals surface area (Å²) in [5.74, 6) is -0.0973. The second-order valence-corrected chi connectivity index (χ2v) is 6.02. The maximum atomic E-state index is 12.9. The van der Waals surface area contributed by atoms with Crippen molar-refractivity contribution in [3.63, 3.8) is 0 Å². The van der Waals surface area contributed by atoms with E-state index in [0.717, 1.165) is 18.4 Å². The van der Waals surface area contributed by atoms with Gasteiger partial charge in [0.15, 0.2) is 0 Å². The first kappa shape index (κ1) is 16.8. The van der Waals surface area contributed by atoms with Crippen molar-refractivity contribution in [1.82, 2.24) is 4.90 Å². The van der Waals surface area contributed by atoms with E-state index < -0.39 is 0 Å². The predicted octanol–water partition coefficient (Wildman–Crippen LogP) is 3.49. The number of phenolic OH excluding ortho intramolecular Hbond substituents is 1. The van der Waals surface area contributed by atoms with E-state index in [0.29, 0.717) is 17.8 Å². The molecule has 1 saturated heterocycles. The van der Waals surface area contributed by atoms with Crippen molar-refractivity contribution in [2.24, 2.45) is 0 Å². The van der Waals surface area contributed by atoms with E-state index >= 15 is 0 Å². The maximum absolute atomic E-state index is 12.9. The van der Waals surface area contributed by atoms with E-state index in [1.807, 2.05) is 17.0 Å². The minimum absolute atomic E-state index is 0.0215. The third-order valence-corrected chi connectivity index (χ3v) is 4.38. The van der Waals surface area contributed by atoms with Crippen LogP contribution in [-0.4, -0.2) is 28.4 Å². The van der Waals surface area contributed by atoms with Gasteiger partial charge in [0.05, 0.1) is 6.04 Å². The molecule has 2 amide bonds. The average molecular weight is 336 g/mol. The zero-order chi connectivity index (χ0) is 17.8. The number of nitrogens with one attached hydrogen (secondary N) is 1. The molecule has 1 aliphatic rings. The van der Waals surface area contributed by atoms with Crippen LogP contribution in [0, 0.1) is 0 Å². The van der Waals surface area contributed by atoms with Crippen LogP contribution >= 0.6 is 0 Å².